The molecule has 0 aliphatic carbocycles. The van der Waals surface area contributed by atoms with E-state index in [4.69, 9.17) is 23.1 Å². The Morgan fingerprint density at radius 3 is 2.34 bits per heavy atom. The zero-order valence-corrected chi connectivity index (χ0v) is 40.3. The molecule has 6 rings (SSSR count). The van der Waals surface area contributed by atoms with Crippen molar-refractivity contribution in [2.24, 2.45) is 5.92 Å². The number of tetrazole rings is 1. The van der Waals surface area contributed by atoms with Gasteiger partial charge in [0.2, 0.25) is 29.5 Å². The predicted octanol–water partition coefficient (Wildman–Crippen LogP) is 2.76. The minimum absolute atomic E-state index is 0.0222. The lowest BCUT2D eigenvalue weighted by atomic mass is 10.0. The number of aromatic amines is 1. The van der Waals surface area contributed by atoms with Crippen molar-refractivity contribution >= 4 is 104 Å². The molecule has 1 aliphatic heterocycles. The zero-order chi connectivity index (χ0) is 51.4. The van der Waals surface area contributed by atoms with Crippen molar-refractivity contribution in [3.63, 3.8) is 0 Å². The van der Waals surface area contributed by atoms with Gasteiger partial charge >= 0.3 is 5.97 Å². The Bertz CT molecular complexity index is 2840. The van der Waals surface area contributed by atoms with Crippen LogP contribution in [-0.2, 0) is 35.3 Å². The van der Waals surface area contributed by atoms with Gasteiger partial charge in [-0.1, -0.05) is 37.9 Å². The number of carboxylic acids is 1. The van der Waals surface area contributed by atoms with E-state index in [-0.39, 0.29) is 102 Å². The van der Waals surface area contributed by atoms with E-state index >= 15 is 0 Å². The standard InChI is InChI=1S/C45H52ClN15O9S/c1-22(2)37(55-31(62)9-5-4-6-19-61-33(63)16-17-34(61)64)43(68)51-23(3)40(65)52-25-11-12-26(27(20-25)39-57-59-60-58-39)41(66)49-18-7-8-29(44(69)70)53-42(67)30-14-15-32(71-30)50-21-24-10-13-28-35(36(24)46)38(47)56-45(48)54-28/h10-17,20,22-23,29,37,50H,4-9,18-19,21H2,1-3H3,(H,49,66)(H,51,68)(H,52,65)(H,53,67)(H,55,62)(H,69,70)(H4,47,48,54,56)(H,57,58,59,60)/t23-,29-,37-/m0/s1. The zero-order valence-electron chi connectivity index (χ0n) is 38.7. The van der Waals surface area contributed by atoms with Crippen LogP contribution in [-0.4, -0.2) is 119 Å². The molecule has 24 nitrogen and oxygen atoms in total. The van der Waals surface area contributed by atoms with Gasteiger partial charge in [-0.2, -0.15) is 10.2 Å². The molecule has 0 bridgehead atoms. The van der Waals surface area contributed by atoms with Crippen LogP contribution in [0.25, 0.3) is 22.3 Å². The lowest BCUT2D eigenvalue weighted by molar-refractivity contribution is -0.139. The van der Waals surface area contributed by atoms with Crippen LogP contribution in [0.2, 0.25) is 5.02 Å². The normalized spacial score (nSPS) is 13.5. The number of nitrogens with two attached hydrogens (primary N) is 2. The van der Waals surface area contributed by atoms with E-state index in [1.54, 1.807) is 38.1 Å². The third-order valence-electron chi connectivity index (χ3n) is 11.1. The number of nitrogens with one attached hydrogen (secondary N) is 7. The van der Waals surface area contributed by atoms with E-state index in [1.807, 2.05) is 0 Å². The molecule has 4 heterocycles. The second kappa shape index (κ2) is 24.0. The molecule has 0 radical (unpaired) electrons. The number of unbranched alkanes of at least 4 members (excludes halogenated alkanes) is 2. The van der Waals surface area contributed by atoms with E-state index < -0.39 is 47.7 Å². The summed E-state index contributed by atoms with van der Waals surface area (Å²) in [6.45, 7) is 5.51. The minimum Gasteiger partial charge on any atom is -0.480 e. The first-order valence-corrected chi connectivity index (χ1v) is 23.6. The summed E-state index contributed by atoms with van der Waals surface area (Å²) in [5.41, 5.74) is 13.4. The Morgan fingerprint density at radius 1 is 0.873 bits per heavy atom. The summed E-state index contributed by atoms with van der Waals surface area (Å²) in [5.74, 6) is -4.84. The van der Waals surface area contributed by atoms with Crippen molar-refractivity contribution in [1.29, 1.82) is 0 Å². The maximum absolute atomic E-state index is 13.5. The van der Waals surface area contributed by atoms with E-state index in [1.165, 1.54) is 37.3 Å². The summed E-state index contributed by atoms with van der Waals surface area (Å²) in [6.07, 6.45) is 4.26. The molecule has 0 saturated carbocycles. The number of nitrogen functional groups attached to an aromatic ring is 2. The number of hydrogen-bond acceptors (Lipinski definition) is 17. The maximum Gasteiger partial charge on any atom is 0.326 e. The highest BCUT2D eigenvalue weighted by molar-refractivity contribution is 7.17. The van der Waals surface area contributed by atoms with Crippen molar-refractivity contribution in [2.75, 3.05) is 35.2 Å². The number of H-pyrrole nitrogens is 1. The van der Waals surface area contributed by atoms with Crippen molar-refractivity contribution < 1.29 is 43.5 Å². The summed E-state index contributed by atoms with van der Waals surface area (Å²) < 4.78 is 0. The van der Waals surface area contributed by atoms with Crippen molar-refractivity contribution in [2.45, 2.75) is 84.0 Å². The molecule has 3 atom stereocenters. The molecule has 0 spiro atoms. The van der Waals surface area contributed by atoms with Gasteiger partial charge < -0.3 is 48.5 Å². The number of nitrogens with zero attached hydrogens (tertiary/aromatic N) is 6. The first-order chi connectivity index (χ1) is 33.9. The highest BCUT2D eigenvalue weighted by Crippen LogP contribution is 2.32. The van der Waals surface area contributed by atoms with Crippen LogP contribution >= 0.6 is 22.9 Å². The highest BCUT2D eigenvalue weighted by atomic mass is 35.5. The van der Waals surface area contributed by atoms with Gasteiger partial charge in [-0.15, -0.1) is 21.5 Å². The summed E-state index contributed by atoms with van der Waals surface area (Å²) >= 11 is 7.71. The Labute approximate surface area is 414 Å². The fraction of sp³-hybridized carbons (Fsp3) is 0.356. The number of rotatable bonds is 24. The molecule has 0 unspecified atom stereocenters. The van der Waals surface area contributed by atoms with E-state index in [0.717, 1.165) is 16.2 Å². The number of anilines is 4. The highest BCUT2D eigenvalue weighted by Gasteiger charge is 2.28. The van der Waals surface area contributed by atoms with Crippen molar-refractivity contribution in [1.82, 2.24) is 56.8 Å². The van der Waals surface area contributed by atoms with Gasteiger partial charge in [-0.25, -0.2) is 9.78 Å². The Morgan fingerprint density at radius 2 is 1.63 bits per heavy atom. The van der Waals surface area contributed by atoms with Gasteiger partial charge in [0.1, 0.15) is 23.9 Å². The topological polar surface area (TPSA) is 364 Å². The lowest BCUT2D eigenvalue weighted by Crippen LogP contribution is -2.53. The summed E-state index contributed by atoms with van der Waals surface area (Å²) in [6, 6.07) is 7.77. The van der Waals surface area contributed by atoms with Gasteiger partial charge in [-0.3, -0.25) is 38.5 Å². The van der Waals surface area contributed by atoms with Gasteiger partial charge in [0.15, 0.2) is 0 Å². The molecule has 0 saturated heterocycles. The number of carbonyl (C=O) groups excluding carboxylic acids is 7. The van der Waals surface area contributed by atoms with Crippen molar-refractivity contribution in [3.05, 3.63) is 75.6 Å². The van der Waals surface area contributed by atoms with Crippen LogP contribution in [0.15, 0.2) is 54.6 Å². The largest absolute Gasteiger partial charge is 0.480 e. The maximum atomic E-state index is 13.5. The molecule has 0 fully saturated rings. The number of hydrogen-bond donors (Lipinski definition) is 10. The molecule has 26 heteroatoms. The van der Waals surface area contributed by atoms with E-state index in [2.05, 4.69) is 62.5 Å². The van der Waals surface area contributed by atoms with Gasteiger partial charge in [0, 0.05) is 49.5 Å². The van der Waals surface area contributed by atoms with Crippen LogP contribution < -0.4 is 43.4 Å². The molecule has 374 valence electrons. The second-order valence-corrected chi connectivity index (χ2v) is 18.1. The van der Waals surface area contributed by atoms with Crippen LogP contribution in [0.5, 0.6) is 0 Å². The number of carboxylic acid groups (broad SMARTS) is 1. The number of benzene rings is 2. The smallest absolute Gasteiger partial charge is 0.326 e. The van der Waals surface area contributed by atoms with Gasteiger partial charge in [0.25, 0.3) is 23.6 Å². The summed E-state index contributed by atoms with van der Waals surface area (Å²) in [4.78, 5) is 111. The van der Waals surface area contributed by atoms with Gasteiger partial charge in [0.05, 0.1) is 31.4 Å². The number of thiophene rings is 1. The quantitative estimate of drug-likeness (QED) is 0.0314. The lowest BCUT2D eigenvalue weighted by Gasteiger charge is -2.24. The molecule has 2 aromatic carbocycles. The second-order valence-electron chi connectivity index (χ2n) is 16.7. The third-order valence-corrected chi connectivity index (χ3v) is 12.6. The number of amides is 7. The van der Waals surface area contributed by atoms with E-state index in [9.17, 15) is 43.5 Å². The SMILES string of the molecule is CC(C)[C@H](NC(=O)CCCCCN1C(=O)C=CC1=O)C(=O)N[C@@H](C)C(=O)Nc1ccc(C(=O)NCCC[C@H](NC(=O)c2ccc(NCc3ccc4nc(N)nc(N)c4c3Cl)s2)C(=O)O)c(-c2nn[nH]n2)c1. The number of halogens is 1. The summed E-state index contributed by atoms with van der Waals surface area (Å²) in [7, 11) is 0. The molecule has 3 aromatic heterocycles. The first-order valence-electron chi connectivity index (χ1n) is 22.4. The van der Waals surface area contributed by atoms with Crippen LogP contribution in [0, 0.1) is 5.92 Å². The Kier molecular flexibility index (Phi) is 17.7. The van der Waals surface area contributed by atoms with Gasteiger partial charge in [-0.05, 0) is 85.7 Å². The monoisotopic (exact) mass is 1010 g/mol. The number of carbonyl (C=O) groups is 8. The summed E-state index contributed by atoms with van der Waals surface area (Å²) in [5, 5.41) is 41.7. The molecular formula is C45H52ClN15O9S. The first kappa shape index (κ1) is 52.3. The molecule has 1 aliphatic rings. The Balaban J connectivity index is 0.961. The van der Waals surface area contributed by atoms with E-state index in [0.29, 0.717) is 45.8 Å². The van der Waals surface area contributed by atoms with Crippen LogP contribution in [0.3, 0.4) is 0 Å². The third kappa shape index (κ3) is 13.8. The number of aliphatic carboxylic acids is 1. The van der Waals surface area contributed by atoms with Crippen LogP contribution in [0.4, 0.5) is 22.5 Å². The Hall–Kier alpha value is -8.06. The van der Waals surface area contributed by atoms with Crippen LogP contribution in [0.1, 0.15) is 84.9 Å². The predicted molar refractivity (Wildman–Crippen MR) is 262 cm³/mol. The average molecular weight is 1010 g/mol. The average Bonchev–Trinajstić information content (AvgIpc) is 4.11. The molecule has 5 aromatic rings. The number of aromatic nitrogens is 6. The van der Waals surface area contributed by atoms with Crippen molar-refractivity contribution in [3.8, 4) is 11.4 Å². The number of fused-ring (bicyclic) bond motifs is 1. The molecule has 71 heavy (non-hydrogen) atoms. The molecule has 7 amide bonds. The minimum atomic E-state index is -1.27. The molecular weight excluding hydrogens is 962 g/mol. The fourth-order valence-corrected chi connectivity index (χ4v) is 8.43. The molecule has 12 N–H and O–H groups in total. The fourth-order valence-electron chi connectivity index (χ4n) is 7.30. The number of imide groups is 1.